The molecule has 2 rings (SSSR count). The molecule has 2 aliphatic heterocycles. The highest BCUT2D eigenvalue weighted by Gasteiger charge is 2.47. The molecule has 0 amide bonds. The van der Waals surface area contributed by atoms with E-state index in [1.165, 1.54) is 14.0 Å². The molecule has 0 bridgehead atoms. The van der Waals surface area contributed by atoms with E-state index in [1.54, 1.807) is 0 Å². The van der Waals surface area contributed by atoms with Crippen LogP contribution in [0.3, 0.4) is 0 Å². The van der Waals surface area contributed by atoms with Crippen LogP contribution in [0, 0.1) is 0 Å². The van der Waals surface area contributed by atoms with Crippen LogP contribution in [0.2, 0.25) is 0 Å². The maximum atomic E-state index is 9.96. The summed E-state index contributed by atoms with van der Waals surface area (Å²) < 4.78 is 20.9. The van der Waals surface area contributed by atoms with Gasteiger partial charge < -0.3 is 44.5 Å². The summed E-state index contributed by atoms with van der Waals surface area (Å²) in [6.07, 6.45) is -10.9. The van der Waals surface area contributed by atoms with Crippen molar-refractivity contribution in [3.05, 3.63) is 0 Å². The van der Waals surface area contributed by atoms with Crippen molar-refractivity contribution in [1.29, 1.82) is 0 Å². The summed E-state index contributed by atoms with van der Waals surface area (Å²) in [5, 5.41) is 48.8. The van der Waals surface area contributed by atoms with Gasteiger partial charge in [0.05, 0.1) is 12.7 Å². The normalized spacial score (nSPS) is 51.9. The van der Waals surface area contributed by atoms with Crippen molar-refractivity contribution < 1.29 is 44.5 Å². The minimum absolute atomic E-state index is 0.120. The standard InChI is InChI=1S/C12H22O9/c1-4-6(14)8(16)9(17)11(20-4)21-10-7(15)5(13)3-19-12(10)18-2/h4-17H,3H2,1-2H3/t4-,5-,6-,7-,8+,9+,10+,11-,12-/m0/s1. The Labute approximate surface area is 121 Å². The van der Waals surface area contributed by atoms with Crippen molar-refractivity contribution in [2.24, 2.45) is 0 Å². The van der Waals surface area contributed by atoms with E-state index < -0.39 is 55.3 Å². The average Bonchev–Trinajstić information content (AvgIpc) is 2.47. The van der Waals surface area contributed by atoms with Gasteiger partial charge in [-0.3, -0.25) is 0 Å². The summed E-state index contributed by atoms with van der Waals surface area (Å²) in [4.78, 5) is 0. The fourth-order valence-corrected chi connectivity index (χ4v) is 2.39. The van der Waals surface area contributed by atoms with E-state index in [-0.39, 0.29) is 6.61 Å². The minimum atomic E-state index is -1.51. The summed E-state index contributed by atoms with van der Waals surface area (Å²) in [6, 6.07) is 0. The monoisotopic (exact) mass is 310 g/mol. The van der Waals surface area contributed by atoms with E-state index in [0.717, 1.165) is 0 Å². The highest BCUT2D eigenvalue weighted by atomic mass is 16.7. The zero-order chi connectivity index (χ0) is 15.7. The third-order valence-electron chi connectivity index (χ3n) is 3.76. The van der Waals surface area contributed by atoms with Crippen molar-refractivity contribution in [2.45, 2.75) is 62.2 Å². The lowest BCUT2D eigenvalue weighted by molar-refractivity contribution is -0.350. The molecular formula is C12H22O9. The van der Waals surface area contributed by atoms with Gasteiger partial charge in [-0.15, -0.1) is 0 Å². The van der Waals surface area contributed by atoms with Crippen molar-refractivity contribution in [2.75, 3.05) is 13.7 Å². The molecule has 0 radical (unpaired) electrons. The number of hydrogen-bond acceptors (Lipinski definition) is 9. The van der Waals surface area contributed by atoms with Gasteiger partial charge in [-0.2, -0.15) is 0 Å². The maximum absolute atomic E-state index is 9.96. The van der Waals surface area contributed by atoms with Gasteiger partial charge >= 0.3 is 0 Å². The zero-order valence-corrected chi connectivity index (χ0v) is 11.8. The second kappa shape index (κ2) is 6.82. The predicted molar refractivity (Wildman–Crippen MR) is 66.0 cm³/mol. The van der Waals surface area contributed by atoms with Gasteiger partial charge in [-0.1, -0.05) is 0 Å². The Kier molecular flexibility index (Phi) is 5.52. The summed E-state index contributed by atoms with van der Waals surface area (Å²) in [5.74, 6) is 0. The second-order valence-electron chi connectivity index (χ2n) is 5.28. The number of aliphatic hydroxyl groups is 5. The van der Waals surface area contributed by atoms with Gasteiger partial charge in [-0.05, 0) is 6.92 Å². The predicted octanol–water partition coefficient (Wildman–Crippen LogP) is -3.08. The second-order valence-corrected chi connectivity index (χ2v) is 5.28. The first kappa shape index (κ1) is 17.0. The first-order chi connectivity index (χ1) is 9.86. The molecule has 0 aromatic rings. The summed E-state index contributed by atoms with van der Waals surface area (Å²) in [7, 11) is 1.34. The van der Waals surface area contributed by atoms with Gasteiger partial charge in [0.1, 0.15) is 36.6 Å². The first-order valence-electron chi connectivity index (χ1n) is 6.72. The topological polar surface area (TPSA) is 138 Å². The number of methoxy groups -OCH3 is 1. The van der Waals surface area contributed by atoms with Crippen LogP contribution in [-0.2, 0) is 18.9 Å². The van der Waals surface area contributed by atoms with Crippen LogP contribution in [0.25, 0.3) is 0 Å². The molecule has 2 aliphatic rings. The highest BCUT2D eigenvalue weighted by molar-refractivity contribution is 4.90. The van der Waals surface area contributed by atoms with E-state index in [9.17, 15) is 25.5 Å². The van der Waals surface area contributed by atoms with Crippen LogP contribution >= 0.6 is 0 Å². The SMILES string of the molecule is CO[C@H]1OC[C@H](O)[C@H](O)[C@H]1O[C@@H]1O[C@@H](C)[C@H](O)[C@@H](O)[C@H]1O. The largest absolute Gasteiger partial charge is 0.388 e. The highest BCUT2D eigenvalue weighted by Crippen LogP contribution is 2.27. The molecule has 9 heteroatoms. The molecule has 124 valence electrons. The van der Waals surface area contributed by atoms with Crippen LogP contribution in [0.1, 0.15) is 6.92 Å². The quantitative estimate of drug-likeness (QED) is 0.367. The Bertz CT molecular complexity index is 339. The number of aliphatic hydroxyl groups excluding tert-OH is 5. The van der Waals surface area contributed by atoms with Crippen LogP contribution in [0.4, 0.5) is 0 Å². The van der Waals surface area contributed by atoms with E-state index in [4.69, 9.17) is 18.9 Å². The fraction of sp³-hybridized carbons (Fsp3) is 1.00. The molecule has 0 aliphatic carbocycles. The molecule has 9 nitrogen and oxygen atoms in total. The molecule has 0 spiro atoms. The molecule has 9 atom stereocenters. The van der Waals surface area contributed by atoms with Crippen molar-refractivity contribution >= 4 is 0 Å². The van der Waals surface area contributed by atoms with Gasteiger partial charge in [-0.25, -0.2) is 0 Å². The molecule has 2 heterocycles. The Morgan fingerprint density at radius 3 is 2.19 bits per heavy atom. The third-order valence-corrected chi connectivity index (χ3v) is 3.76. The van der Waals surface area contributed by atoms with E-state index >= 15 is 0 Å². The van der Waals surface area contributed by atoms with Crippen molar-refractivity contribution in [1.82, 2.24) is 0 Å². The molecule has 2 fully saturated rings. The van der Waals surface area contributed by atoms with E-state index in [2.05, 4.69) is 0 Å². The maximum Gasteiger partial charge on any atom is 0.187 e. The van der Waals surface area contributed by atoms with Gasteiger partial charge in [0.2, 0.25) is 0 Å². The lowest BCUT2D eigenvalue weighted by Gasteiger charge is -2.43. The van der Waals surface area contributed by atoms with Crippen molar-refractivity contribution in [3.8, 4) is 0 Å². The minimum Gasteiger partial charge on any atom is -0.388 e. The lowest BCUT2D eigenvalue weighted by Crippen LogP contribution is -2.61. The van der Waals surface area contributed by atoms with Gasteiger partial charge in [0, 0.05) is 7.11 Å². The number of ether oxygens (including phenoxy) is 4. The summed E-state index contributed by atoms with van der Waals surface area (Å²) in [5.41, 5.74) is 0. The van der Waals surface area contributed by atoms with Gasteiger partial charge in [0.25, 0.3) is 0 Å². The van der Waals surface area contributed by atoms with Crippen LogP contribution in [0.5, 0.6) is 0 Å². The molecule has 5 N–H and O–H groups in total. The summed E-state index contributed by atoms with van der Waals surface area (Å²) >= 11 is 0. The Morgan fingerprint density at radius 2 is 1.57 bits per heavy atom. The van der Waals surface area contributed by atoms with Crippen LogP contribution < -0.4 is 0 Å². The smallest absolute Gasteiger partial charge is 0.187 e. The molecule has 0 aromatic carbocycles. The zero-order valence-electron chi connectivity index (χ0n) is 11.8. The van der Waals surface area contributed by atoms with Crippen molar-refractivity contribution in [3.63, 3.8) is 0 Å². The van der Waals surface area contributed by atoms with Crippen LogP contribution in [0.15, 0.2) is 0 Å². The molecule has 0 saturated carbocycles. The van der Waals surface area contributed by atoms with E-state index in [1.807, 2.05) is 0 Å². The average molecular weight is 310 g/mol. The third kappa shape index (κ3) is 3.36. The fourth-order valence-electron chi connectivity index (χ4n) is 2.39. The van der Waals surface area contributed by atoms with Crippen LogP contribution in [-0.4, -0.2) is 94.6 Å². The molecule has 0 aromatic heterocycles. The van der Waals surface area contributed by atoms with Gasteiger partial charge in [0.15, 0.2) is 12.6 Å². The van der Waals surface area contributed by atoms with E-state index in [0.29, 0.717) is 0 Å². The first-order valence-corrected chi connectivity index (χ1v) is 6.72. The lowest BCUT2D eigenvalue weighted by atomic mass is 9.99. The number of hydrogen-bond donors (Lipinski definition) is 5. The Morgan fingerprint density at radius 1 is 0.905 bits per heavy atom. The number of rotatable bonds is 3. The summed E-state index contributed by atoms with van der Waals surface area (Å²) in [6.45, 7) is 1.39. The molecule has 0 unspecified atom stereocenters. The Hall–Kier alpha value is -0.360. The molecular weight excluding hydrogens is 288 g/mol. The molecule has 21 heavy (non-hydrogen) atoms. The molecule has 2 saturated heterocycles. The Balaban J connectivity index is 2.07.